The molecular formula is C7H15P. The molecule has 1 heteroatoms. The van der Waals surface area contributed by atoms with E-state index in [1.807, 2.05) is 0 Å². The molecule has 0 saturated carbocycles. The highest BCUT2D eigenvalue weighted by Crippen LogP contribution is 2.33. The third-order valence-corrected chi connectivity index (χ3v) is 1.92. The third kappa shape index (κ3) is 6.43. The van der Waals surface area contributed by atoms with Crippen LogP contribution in [0.15, 0.2) is 0 Å². The van der Waals surface area contributed by atoms with E-state index >= 15 is 0 Å². The molecule has 0 aromatic carbocycles. The van der Waals surface area contributed by atoms with Gasteiger partial charge in [0.2, 0.25) is 0 Å². The first-order chi connectivity index (χ1) is 3.56. The number of hydrogen-bond acceptors (Lipinski definition) is 0. The maximum atomic E-state index is 3.32. The molecule has 48 valence electrons. The van der Waals surface area contributed by atoms with Gasteiger partial charge in [0, 0.05) is 6.16 Å². The van der Waals surface area contributed by atoms with Crippen LogP contribution in [0.3, 0.4) is 0 Å². The minimum atomic E-state index is 0.468. The summed E-state index contributed by atoms with van der Waals surface area (Å²) in [4.78, 5) is 0. The molecule has 0 spiro atoms. The molecule has 1 unspecified atom stereocenters. The lowest BCUT2D eigenvalue weighted by atomic mass is 10.3. The molecule has 0 aliphatic heterocycles. The number of rotatable bonds is 2. The molecule has 0 N–H and O–H groups in total. The molecule has 0 aromatic rings. The molecule has 0 aliphatic carbocycles. The van der Waals surface area contributed by atoms with Crippen molar-refractivity contribution in [2.24, 2.45) is 0 Å². The quantitative estimate of drug-likeness (QED) is 0.504. The summed E-state index contributed by atoms with van der Waals surface area (Å²) >= 11 is 0. The van der Waals surface area contributed by atoms with Crippen LogP contribution in [0.5, 0.6) is 0 Å². The summed E-state index contributed by atoms with van der Waals surface area (Å²) in [6.45, 7) is 8.87. The largest absolute Gasteiger partial charge is 0.108 e. The summed E-state index contributed by atoms with van der Waals surface area (Å²) in [7, 11) is 0.892. The SMILES string of the molecule is CC[C]PC(C)(C)C. The Morgan fingerprint density at radius 3 is 2.00 bits per heavy atom. The highest BCUT2D eigenvalue weighted by Gasteiger charge is 2.07. The van der Waals surface area contributed by atoms with Crippen molar-refractivity contribution in [1.82, 2.24) is 0 Å². The fraction of sp³-hybridized carbons (Fsp3) is 0.857. The van der Waals surface area contributed by atoms with E-state index in [1.54, 1.807) is 0 Å². The Balaban J connectivity index is 3.11. The third-order valence-electron chi connectivity index (χ3n) is 0.640. The topological polar surface area (TPSA) is 0 Å². The fourth-order valence-electron chi connectivity index (χ4n) is 0.354. The fourth-order valence-corrected chi connectivity index (χ4v) is 1.06. The van der Waals surface area contributed by atoms with E-state index in [0.717, 1.165) is 15.0 Å². The van der Waals surface area contributed by atoms with Crippen molar-refractivity contribution in [3.8, 4) is 0 Å². The zero-order valence-electron chi connectivity index (χ0n) is 6.21. The normalized spacial score (nSPS) is 13.5. The molecule has 0 fully saturated rings. The summed E-state index contributed by atoms with van der Waals surface area (Å²) in [6, 6.07) is 0. The van der Waals surface area contributed by atoms with Gasteiger partial charge in [0.1, 0.15) is 0 Å². The van der Waals surface area contributed by atoms with E-state index in [2.05, 4.69) is 33.9 Å². The van der Waals surface area contributed by atoms with Crippen LogP contribution < -0.4 is 0 Å². The van der Waals surface area contributed by atoms with Gasteiger partial charge in [-0.25, -0.2) is 0 Å². The van der Waals surface area contributed by atoms with E-state index in [0.29, 0.717) is 5.16 Å². The minimum Gasteiger partial charge on any atom is -0.108 e. The molecule has 0 saturated heterocycles. The van der Waals surface area contributed by atoms with Crippen molar-refractivity contribution in [2.45, 2.75) is 39.3 Å². The molecular weight excluding hydrogens is 115 g/mol. The average molecular weight is 130 g/mol. The van der Waals surface area contributed by atoms with E-state index < -0.39 is 0 Å². The Labute approximate surface area is 54.8 Å². The summed E-state index contributed by atoms with van der Waals surface area (Å²) in [5.41, 5.74) is 0. The van der Waals surface area contributed by atoms with Crippen molar-refractivity contribution in [3.63, 3.8) is 0 Å². The predicted octanol–water partition coefficient (Wildman–Crippen LogP) is 2.91. The van der Waals surface area contributed by atoms with Crippen molar-refractivity contribution in [2.75, 3.05) is 0 Å². The standard InChI is InChI=1S/C7H15P/c1-5-6-8-7(2,3)4/h8H,5H2,1-4H3. The molecule has 0 heterocycles. The first-order valence-corrected chi connectivity index (χ1v) is 4.06. The lowest BCUT2D eigenvalue weighted by Crippen LogP contribution is -2.03. The van der Waals surface area contributed by atoms with Gasteiger partial charge < -0.3 is 0 Å². The van der Waals surface area contributed by atoms with Gasteiger partial charge in [-0.05, 0) is 11.6 Å². The van der Waals surface area contributed by atoms with Crippen molar-refractivity contribution < 1.29 is 0 Å². The Morgan fingerprint density at radius 2 is 1.88 bits per heavy atom. The second-order valence-corrected chi connectivity index (χ2v) is 5.01. The first kappa shape index (κ1) is 8.43. The minimum absolute atomic E-state index is 0.468. The monoisotopic (exact) mass is 130 g/mol. The Morgan fingerprint density at radius 1 is 1.38 bits per heavy atom. The Kier molecular flexibility index (Phi) is 3.64. The molecule has 0 aromatic heterocycles. The molecule has 0 rings (SSSR count). The van der Waals surface area contributed by atoms with Gasteiger partial charge in [-0.1, -0.05) is 27.7 Å². The zero-order chi connectivity index (χ0) is 6.62. The molecule has 0 aliphatic rings. The Bertz CT molecular complexity index is 51.9. The average Bonchev–Trinajstić information content (AvgIpc) is 1.59. The predicted molar refractivity (Wildman–Crippen MR) is 41.6 cm³/mol. The van der Waals surface area contributed by atoms with Crippen LogP contribution in [-0.4, -0.2) is 5.16 Å². The first-order valence-electron chi connectivity index (χ1n) is 3.06. The molecule has 0 nitrogen and oxygen atoms in total. The smallest absolute Gasteiger partial charge is 0.00844 e. The van der Waals surface area contributed by atoms with Gasteiger partial charge in [-0.2, -0.15) is 0 Å². The van der Waals surface area contributed by atoms with Crippen molar-refractivity contribution in [3.05, 3.63) is 6.16 Å². The van der Waals surface area contributed by atoms with E-state index in [9.17, 15) is 0 Å². The lowest BCUT2D eigenvalue weighted by molar-refractivity contribution is 0.795. The second kappa shape index (κ2) is 3.45. The number of hydrogen-bond donors (Lipinski definition) is 0. The second-order valence-electron chi connectivity index (χ2n) is 2.91. The summed E-state index contributed by atoms with van der Waals surface area (Å²) < 4.78 is 0. The van der Waals surface area contributed by atoms with Crippen LogP contribution in [0.1, 0.15) is 34.1 Å². The molecule has 2 radical (unpaired) electrons. The van der Waals surface area contributed by atoms with Crippen LogP contribution in [0, 0.1) is 6.16 Å². The van der Waals surface area contributed by atoms with Gasteiger partial charge in [-0.15, -0.1) is 8.58 Å². The van der Waals surface area contributed by atoms with Gasteiger partial charge >= 0.3 is 0 Å². The van der Waals surface area contributed by atoms with Gasteiger partial charge in [-0.3, -0.25) is 0 Å². The van der Waals surface area contributed by atoms with Crippen molar-refractivity contribution >= 4 is 8.58 Å². The van der Waals surface area contributed by atoms with Gasteiger partial charge in [0.15, 0.2) is 0 Å². The highest BCUT2D eigenvalue weighted by molar-refractivity contribution is 7.42. The molecule has 0 amide bonds. The molecule has 1 atom stereocenters. The van der Waals surface area contributed by atoms with Crippen LogP contribution in [0.25, 0.3) is 0 Å². The lowest BCUT2D eigenvalue weighted by Gasteiger charge is -2.16. The maximum Gasteiger partial charge on any atom is 0.00844 e. The van der Waals surface area contributed by atoms with Crippen LogP contribution >= 0.6 is 8.58 Å². The van der Waals surface area contributed by atoms with Crippen LogP contribution in [-0.2, 0) is 0 Å². The summed E-state index contributed by atoms with van der Waals surface area (Å²) in [5.74, 6) is 0. The van der Waals surface area contributed by atoms with E-state index in [4.69, 9.17) is 0 Å². The Hall–Kier alpha value is 0.430. The van der Waals surface area contributed by atoms with Crippen LogP contribution in [0.2, 0.25) is 0 Å². The summed E-state index contributed by atoms with van der Waals surface area (Å²) in [5, 5.41) is 0.468. The molecule has 8 heavy (non-hydrogen) atoms. The maximum absolute atomic E-state index is 3.32. The summed E-state index contributed by atoms with van der Waals surface area (Å²) in [6.07, 6.45) is 4.41. The van der Waals surface area contributed by atoms with E-state index in [-0.39, 0.29) is 0 Å². The van der Waals surface area contributed by atoms with Crippen LogP contribution in [0.4, 0.5) is 0 Å². The van der Waals surface area contributed by atoms with Gasteiger partial charge in [0.25, 0.3) is 0 Å². The van der Waals surface area contributed by atoms with Crippen molar-refractivity contribution in [1.29, 1.82) is 0 Å². The van der Waals surface area contributed by atoms with Gasteiger partial charge in [0.05, 0.1) is 0 Å². The zero-order valence-corrected chi connectivity index (χ0v) is 7.21. The van der Waals surface area contributed by atoms with E-state index in [1.165, 1.54) is 0 Å². The molecule has 0 bridgehead atoms. The highest BCUT2D eigenvalue weighted by atomic mass is 31.1.